The van der Waals surface area contributed by atoms with E-state index in [9.17, 15) is 24.3 Å². The summed E-state index contributed by atoms with van der Waals surface area (Å²) >= 11 is 4.04. The van der Waals surface area contributed by atoms with Crippen LogP contribution in [0, 0.1) is 0 Å². The highest BCUT2D eigenvalue weighted by molar-refractivity contribution is 7.80. The molecule has 0 saturated carbocycles. The van der Waals surface area contributed by atoms with Crippen molar-refractivity contribution in [1.29, 1.82) is 0 Å². The van der Waals surface area contributed by atoms with Gasteiger partial charge in [0, 0.05) is 12.2 Å². The molecule has 28 heavy (non-hydrogen) atoms. The van der Waals surface area contributed by atoms with Crippen LogP contribution >= 0.6 is 12.6 Å². The molecule has 1 aromatic rings. The third-order valence-electron chi connectivity index (χ3n) is 3.88. The van der Waals surface area contributed by atoms with E-state index in [2.05, 4.69) is 28.6 Å². The van der Waals surface area contributed by atoms with Crippen molar-refractivity contribution >= 4 is 36.3 Å². The van der Waals surface area contributed by atoms with E-state index in [1.165, 1.54) is 13.8 Å². The number of nitrogens with one attached hydrogen (secondary N) is 3. The molecule has 1 rings (SSSR count). The number of nitrogens with two attached hydrogens (primary N) is 1. The lowest BCUT2D eigenvalue weighted by molar-refractivity contribution is -0.142. The molecule has 4 unspecified atom stereocenters. The number of thiol groups is 1. The molecule has 0 spiro atoms. The first-order valence-electron chi connectivity index (χ1n) is 8.70. The van der Waals surface area contributed by atoms with Crippen LogP contribution in [0.4, 0.5) is 0 Å². The molecule has 4 atom stereocenters. The van der Waals surface area contributed by atoms with E-state index in [1.54, 1.807) is 30.3 Å². The van der Waals surface area contributed by atoms with E-state index in [0.717, 1.165) is 5.56 Å². The maximum atomic E-state index is 12.4. The van der Waals surface area contributed by atoms with Crippen molar-refractivity contribution in [2.45, 2.75) is 44.4 Å². The van der Waals surface area contributed by atoms with Crippen molar-refractivity contribution in [3.63, 3.8) is 0 Å². The van der Waals surface area contributed by atoms with Crippen LogP contribution in [-0.4, -0.2) is 58.7 Å². The van der Waals surface area contributed by atoms with Gasteiger partial charge in [-0.25, -0.2) is 4.79 Å². The van der Waals surface area contributed by atoms with Gasteiger partial charge in [-0.05, 0) is 19.4 Å². The zero-order valence-electron chi connectivity index (χ0n) is 15.7. The summed E-state index contributed by atoms with van der Waals surface area (Å²) in [6, 6.07) is 4.91. The molecule has 10 heteroatoms. The van der Waals surface area contributed by atoms with Crippen molar-refractivity contribution < 1.29 is 24.3 Å². The summed E-state index contributed by atoms with van der Waals surface area (Å²) in [5.41, 5.74) is 6.18. The second-order valence-corrected chi connectivity index (χ2v) is 6.72. The smallest absolute Gasteiger partial charge is 0.326 e. The number of carbonyl (C=O) groups is 4. The van der Waals surface area contributed by atoms with Crippen LogP contribution < -0.4 is 21.7 Å². The molecule has 0 aliphatic rings. The van der Waals surface area contributed by atoms with E-state index >= 15 is 0 Å². The molecule has 6 N–H and O–H groups in total. The number of rotatable bonds is 10. The van der Waals surface area contributed by atoms with Crippen molar-refractivity contribution in [3.8, 4) is 0 Å². The highest BCUT2D eigenvalue weighted by atomic mass is 32.1. The van der Waals surface area contributed by atoms with Gasteiger partial charge in [-0.2, -0.15) is 12.6 Å². The Kier molecular flexibility index (Phi) is 9.46. The minimum Gasteiger partial charge on any atom is -0.480 e. The first-order chi connectivity index (χ1) is 13.1. The Morgan fingerprint density at radius 2 is 1.54 bits per heavy atom. The largest absolute Gasteiger partial charge is 0.480 e. The summed E-state index contributed by atoms with van der Waals surface area (Å²) in [5.74, 6) is -3.05. The molecule has 0 aliphatic carbocycles. The number of carboxylic acid groups (broad SMARTS) is 1. The predicted octanol–water partition coefficient (Wildman–Crippen LogP) is -0.935. The van der Waals surface area contributed by atoms with Crippen molar-refractivity contribution in [1.82, 2.24) is 16.0 Å². The van der Waals surface area contributed by atoms with Crippen molar-refractivity contribution in [3.05, 3.63) is 35.9 Å². The first kappa shape index (κ1) is 23.4. The lowest BCUT2D eigenvalue weighted by Gasteiger charge is -2.22. The Morgan fingerprint density at radius 3 is 2.04 bits per heavy atom. The normalized spacial score (nSPS) is 14.9. The van der Waals surface area contributed by atoms with Gasteiger partial charge in [0.2, 0.25) is 17.7 Å². The maximum absolute atomic E-state index is 12.4. The van der Waals surface area contributed by atoms with Crippen LogP contribution in [0.15, 0.2) is 30.3 Å². The van der Waals surface area contributed by atoms with E-state index in [1.807, 2.05) is 0 Å². The fourth-order valence-electron chi connectivity index (χ4n) is 2.22. The van der Waals surface area contributed by atoms with E-state index in [-0.39, 0.29) is 12.2 Å². The van der Waals surface area contributed by atoms with Gasteiger partial charge in [0.25, 0.3) is 0 Å². The average molecular weight is 410 g/mol. The Hall–Kier alpha value is -2.59. The van der Waals surface area contributed by atoms with Gasteiger partial charge in [0.15, 0.2) is 0 Å². The number of carboxylic acids is 1. The topological polar surface area (TPSA) is 151 Å². The van der Waals surface area contributed by atoms with Crippen LogP contribution in [-0.2, 0) is 25.6 Å². The number of carbonyl (C=O) groups excluding carboxylic acids is 3. The third-order valence-corrected chi connectivity index (χ3v) is 4.24. The molecular formula is C18H26N4O5S. The highest BCUT2D eigenvalue weighted by Crippen LogP contribution is 2.04. The second-order valence-electron chi connectivity index (χ2n) is 6.35. The van der Waals surface area contributed by atoms with E-state index in [4.69, 9.17) is 5.73 Å². The van der Waals surface area contributed by atoms with Crippen molar-refractivity contribution in [2.75, 3.05) is 5.75 Å². The zero-order valence-corrected chi connectivity index (χ0v) is 16.6. The Labute approximate surface area is 168 Å². The van der Waals surface area contributed by atoms with Crippen LogP contribution in [0.5, 0.6) is 0 Å². The number of benzene rings is 1. The maximum Gasteiger partial charge on any atom is 0.326 e. The molecule has 9 nitrogen and oxygen atoms in total. The number of hydrogen-bond donors (Lipinski definition) is 6. The summed E-state index contributed by atoms with van der Waals surface area (Å²) in [6.45, 7) is 2.92. The van der Waals surface area contributed by atoms with Gasteiger partial charge in [-0.1, -0.05) is 30.3 Å². The van der Waals surface area contributed by atoms with Crippen molar-refractivity contribution in [2.24, 2.45) is 5.73 Å². The summed E-state index contributed by atoms with van der Waals surface area (Å²) in [7, 11) is 0. The van der Waals surface area contributed by atoms with Gasteiger partial charge < -0.3 is 26.8 Å². The van der Waals surface area contributed by atoms with Gasteiger partial charge in [-0.15, -0.1) is 0 Å². The highest BCUT2D eigenvalue weighted by Gasteiger charge is 2.27. The van der Waals surface area contributed by atoms with Gasteiger partial charge in [0.05, 0.1) is 6.04 Å². The van der Waals surface area contributed by atoms with Crippen LogP contribution in [0.1, 0.15) is 19.4 Å². The van der Waals surface area contributed by atoms with Gasteiger partial charge in [0.1, 0.15) is 18.1 Å². The molecule has 154 valence electrons. The molecule has 0 aliphatic heterocycles. The summed E-state index contributed by atoms with van der Waals surface area (Å²) in [4.78, 5) is 47.7. The minimum absolute atomic E-state index is 0.0524. The second kappa shape index (κ2) is 11.3. The van der Waals surface area contributed by atoms with E-state index < -0.39 is 47.9 Å². The average Bonchev–Trinajstić information content (AvgIpc) is 2.65. The quantitative estimate of drug-likeness (QED) is 0.274. The van der Waals surface area contributed by atoms with E-state index in [0.29, 0.717) is 0 Å². The number of hydrogen-bond acceptors (Lipinski definition) is 6. The molecule has 0 heterocycles. The fourth-order valence-corrected chi connectivity index (χ4v) is 2.48. The molecule has 0 saturated heterocycles. The fraction of sp³-hybridized carbons (Fsp3) is 0.444. The number of aliphatic carboxylic acids is 1. The Balaban J connectivity index is 2.70. The van der Waals surface area contributed by atoms with Crippen LogP contribution in [0.25, 0.3) is 0 Å². The van der Waals surface area contributed by atoms with Gasteiger partial charge >= 0.3 is 5.97 Å². The summed E-state index contributed by atoms with van der Waals surface area (Å²) in [6.07, 6.45) is 0.0933. The third kappa shape index (κ3) is 7.57. The molecule has 0 bridgehead atoms. The zero-order chi connectivity index (χ0) is 21.3. The summed E-state index contributed by atoms with van der Waals surface area (Å²) in [5, 5.41) is 16.6. The number of amides is 3. The molecule has 0 radical (unpaired) electrons. The SMILES string of the molecule is CC(N)C(=O)NC(C)C(=O)NC(CS)C(=O)NC(Cc1ccccc1)C(=O)O. The molecule has 0 aromatic heterocycles. The lowest BCUT2D eigenvalue weighted by Crippen LogP contribution is -2.57. The van der Waals surface area contributed by atoms with Crippen LogP contribution in [0.3, 0.4) is 0 Å². The molecule has 0 fully saturated rings. The molecular weight excluding hydrogens is 384 g/mol. The Morgan fingerprint density at radius 1 is 0.964 bits per heavy atom. The van der Waals surface area contributed by atoms with Crippen LogP contribution in [0.2, 0.25) is 0 Å². The predicted molar refractivity (Wildman–Crippen MR) is 107 cm³/mol. The standard InChI is InChI=1S/C18H26N4O5S/c1-10(19)15(23)20-11(2)16(24)22-14(9-28)17(25)21-13(18(26)27)8-12-6-4-3-5-7-12/h3-7,10-11,13-14,28H,8-9,19H2,1-2H3,(H,20,23)(H,21,25)(H,22,24)(H,26,27). The molecule has 3 amide bonds. The first-order valence-corrected chi connectivity index (χ1v) is 9.33. The minimum atomic E-state index is -1.20. The lowest BCUT2D eigenvalue weighted by atomic mass is 10.1. The van der Waals surface area contributed by atoms with Gasteiger partial charge in [-0.3, -0.25) is 14.4 Å². The monoisotopic (exact) mass is 410 g/mol. The summed E-state index contributed by atoms with van der Waals surface area (Å²) < 4.78 is 0. The Bertz CT molecular complexity index is 698. The molecule has 1 aromatic carbocycles.